The maximum absolute atomic E-state index is 12.0. The molecule has 0 aromatic heterocycles. The number of hydrogen-bond donors (Lipinski definition) is 0. The first kappa shape index (κ1) is 16.3. The molecule has 0 radical (unpaired) electrons. The van der Waals surface area contributed by atoms with Crippen LogP contribution in [0.3, 0.4) is 0 Å². The number of hydrogen-bond acceptors (Lipinski definition) is 3. The van der Waals surface area contributed by atoms with E-state index in [1.807, 2.05) is 31.2 Å². The SMILES string of the molecule is CCOCCN(CC)CCC(=O)c1ccc(Br)cc1. The topological polar surface area (TPSA) is 29.5 Å². The van der Waals surface area contributed by atoms with Crippen molar-refractivity contribution < 1.29 is 9.53 Å². The third kappa shape index (κ3) is 6.32. The Hall–Kier alpha value is -0.710. The van der Waals surface area contributed by atoms with Gasteiger partial charge in [0.25, 0.3) is 0 Å². The first-order chi connectivity index (χ1) is 9.17. The molecule has 0 heterocycles. The molecule has 0 saturated carbocycles. The van der Waals surface area contributed by atoms with Gasteiger partial charge in [-0.25, -0.2) is 0 Å². The largest absolute Gasteiger partial charge is 0.380 e. The Kier molecular flexibility index (Phi) is 7.94. The van der Waals surface area contributed by atoms with E-state index in [1.54, 1.807) is 0 Å². The van der Waals surface area contributed by atoms with Crippen molar-refractivity contribution >= 4 is 21.7 Å². The van der Waals surface area contributed by atoms with Crippen LogP contribution in [-0.4, -0.2) is 43.5 Å². The Morgan fingerprint density at radius 2 is 1.89 bits per heavy atom. The van der Waals surface area contributed by atoms with E-state index in [2.05, 4.69) is 27.8 Å². The Morgan fingerprint density at radius 1 is 1.21 bits per heavy atom. The second kappa shape index (κ2) is 9.23. The fourth-order valence-electron chi connectivity index (χ4n) is 1.81. The fourth-order valence-corrected chi connectivity index (χ4v) is 2.07. The van der Waals surface area contributed by atoms with Crippen molar-refractivity contribution in [1.82, 2.24) is 4.90 Å². The third-order valence-corrected chi connectivity index (χ3v) is 3.55. The maximum atomic E-state index is 12.0. The van der Waals surface area contributed by atoms with Crippen molar-refractivity contribution in [3.63, 3.8) is 0 Å². The average molecular weight is 328 g/mol. The summed E-state index contributed by atoms with van der Waals surface area (Å²) >= 11 is 3.37. The monoisotopic (exact) mass is 327 g/mol. The lowest BCUT2D eigenvalue weighted by atomic mass is 10.1. The van der Waals surface area contributed by atoms with Crippen LogP contribution in [-0.2, 0) is 4.74 Å². The van der Waals surface area contributed by atoms with E-state index in [9.17, 15) is 4.79 Å². The van der Waals surface area contributed by atoms with Crippen LogP contribution in [0, 0.1) is 0 Å². The molecule has 0 amide bonds. The van der Waals surface area contributed by atoms with Gasteiger partial charge < -0.3 is 9.64 Å². The van der Waals surface area contributed by atoms with Gasteiger partial charge in [0.1, 0.15) is 0 Å². The number of halogens is 1. The smallest absolute Gasteiger partial charge is 0.164 e. The molecule has 0 aliphatic heterocycles. The van der Waals surface area contributed by atoms with Gasteiger partial charge in [-0.3, -0.25) is 4.79 Å². The lowest BCUT2D eigenvalue weighted by molar-refractivity contribution is 0.0930. The molecular weight excluding hydrogens is 306 g/mol. The Morgan fingerprint density at radius 3 is 2.47 bits per heavy atom. The Bertz CT molecular complexity index is 378. The van der Waals surface area contributed by atoms with Crippen LogP contribution in [0.1, 0.15) is 30.6 Å². The van der Waals surface area contributed by atoms with E-state index in [-0.39, 0.29) is 5.78 Å². The van der Waals surface area contributed by atoms with Crippen LogP contribution in [0.4, 0.5) is 0 Å². The molecule has 0 fully saturated rings. The van der Waals surface area contributed by atoms with Gasteiger partial charge in [0.2, 0.25) is 0 Å². The molecule has 1 aromatic rings. The summed E-state index contributed by atoms with van der Waals surface area (Å²) in [6.07, 6.45) is 0.557. The van der Waals surface area contributed by atoms with E-state index < -0.39 is 0 Å². The first-order valence-electron chi connectivity index (χ1n) is 6.76. The predicted molar refractivity (Wildman–Crippen MR) is 81.7 cm³/mol. The second-order valence-corrected chi connectivity index (χ2v) is 5.23. The number of ether oxygens (including phenoxy) is 1. The van der Waals surface area contributed by atoms with Crippen LogP contribution in [0.5, 0.6) is 0 Å². The molecule has 4 heteroatoms. The number of nitrogens with zero attached hydrogens (tertiary/aromatic N) is 1. The maximum Gasteiger partial charge on any atom is 0.164 e. The molecule has 0 aliphatic rings. The van der Waals surface area contributed by atoms with Crippen LogP contribution < -0.4 is 0 Å². The highest BCUT2D eigenvalue weighted by Crippen LogP contribution is 2.12. The molecule has 1 aromatic carbocycles. The van der Waals surface area contributed by atoms with Crippen molar-refractivity contribution in [2.45, 2.75) is 20.3 Å². The van der Waals surface area contributed by atoms with Crippen molar-refractivity contribution in [3.05, 3.63) is 34.3 Å². The summed E-state index contributed by atoms with van der Waals surface area (Å²) < 4.78 is 6.33. The van der Waals surface area contributed by atoms with Crippen molar-refractivity contribution in [3.8, 4) is 0 Å². The van der Waals surface area contributed by atoms with Crippen molar-refractivity contribution in [2.75, 3.05) is 32.8 Å². The van der Waals surface area contributed by atoms with Crippen molar-refractivity contribution in [2.24, 2.45) is 0 Å². The van der Waals surface area contributed by atoms with Gasteiger partial charge in [0, 0.05) is 36.2 Å². The zero-order valence-corrected chi connectivity index (χ0v) is 13.3. The van der Waals surface area contributed by atoms with E-state index in [0.29, 0.717) is 6.42 Å². The summed E-state index contributed by atoms with van der Waals surface area (Å²) in [4.78, 5) is 14.3. The highest BCUT2D eigenvalue weighted by atomic mass is 79.9. The van der Waals surface area contributed by atoms with Crippen LogP contribution in [0.25, 0.3) is 0 Å². The number of ketones is 1. The standard InChI is InChI=1S/C15H22BrNO2/c1-3-17(11-12-19-4-2)10-9-15(18)13-5-7-14(16)8-6-13/h5-8H,3-4,9-12H2,1-2H3. The Labute approximate surface area is 124 Å². The number of benzene rings is 1. The molecule has 0 spiro atoms. The summed E-state index contributed by atoms with van der Waals surface area (Å²) in [6.45, 7) is 8.20. The lowest BCUT2D eigenvalue weighted by Crippen LogP contribution is -2.29. The first-order valence-corrected chi connectivity index (χ1v) is 7.55. The fraction of sp³-hybridized carbons (Fsp3) is 0.533. The number of likely N-dealkylation sites (N-methyl/N-ethyl adjacent to an activating group) is 1. The van der Waals surface area contributed by atoms with E-state index in [1.165, 1.54) is 0 Å². The highest BCUT2D eigenvalue weighted by Gasteiger charge is 2.08. The van der Waals surface area contributed by atoms with Gasteiger partial charge in [-0.15, -0.1) is 0 Å². The van der Waals surface area contributed by atoms with Crippen LogP contribution >= 0.6 is 15.9 Å². The molecular formula is C15H22BrNO2. The molecule has 19 heavy (non-hydrogen) atoms. The molecule has 106 valence electrons. The summed E-state index contributed by atoms with van der Waals surface area (Å²) in [6, 6.07) is 7.53. The number of carbonyl (C=O) groups is 1. The van der Waals surface area contributed by atoms with Gasteiger partial charge >= 0.3 is 0 Å². The van der Waals surface area contributed by atoms with Crippen molar-refractivity contribution in [1.29, 1.82) is 0 Å². The minimum Gasteiger partial charge on any atom is -0.380 e. The predicted octanol–water partition coefficient (Wildman–Crippen LogP) is 3.38. The van der Waals surface area contributed by atoms with E-state index >= 15 is 0 Å². The molecule has 0 atom stereocenters. The number of carbonyl (C=O) groups excluding carboxylic acids is 1. The minimum absolute atomic E-state index is 0.197. The summed E-state index contributed by atoms with van der Waals surface area (Å²) in [5, 5.41) is 0. The third-order valence-electron chi connectivity index (χ3n) is 3.02. The van der Waals surface area contributed by atoms with Crippen LogP contribution in [0.2, 0.25) is 0 Å². The molecule has 0 N–H and O–H groups in total. The van der Waals surface area contributed by atoms with E-state index in [4.69, 9.17) is 4.74 Å². The lowest BCUT2D eigenvalue weighted by Gasteiger charge is -2.19. The molecule has 1 rings (SSSR count). The minimum atomic E-state index is 0.197. The van der Waals surface area contributed by atoms with Gasteiger partial charge in [-0.2, -0.15) is 0 Å². The average Bonchev–Trinajstić information content (AvgIpc) is 2.43. The number of Topliss-reactive ketones (excluding diaryl/α,β-unsaturated/α-hetero) is 1. The molecule has 0 saturated heterocycles. The summed E-state index contributed by atoms with van der Waals surface area (Å²) in [5.41, 5.74) is 0.782. The zero-order chi connectivity index (χ0) is 14.1. The highest BCUT2D eigenvalue weighted by molar-refractivity contribution is 9.10. The van der Waals surface area contributed by atoms with Gasteiger partial charge in [-0.05, 0) is 25.6 Å². The van der Waals surface area contributed by atoms with Gasteiger partial charge in [-0.1, -0.05) is 35.0 Å². The van der Waals surface area contributed by atoms with Gasteiger partial charge in [0.15, 0.2) is 5.78 Å². The summed E-state index contributed by atoms with van der Waals surface area (Å²) in [7, 11) is 0. The molecule has 0 bridgehead atoms. The normalized spacial score (nSPS) is 10.9. The van der Waals surface area contributed by atoms with Gasteiger partial charge in [0.05, 0.1) is 6.61 Å². The number of rotatable bonds is 9. The molecule has 0 aliphatic carbocycles. The molecule has 3 nitrogen and oxygen atoms in total. The zero-order valence-electron chi connectivity index (χ0n) is 11.7. The molecule has 0 unspecified atom stereocenters. The quantitative estimate of drug-likeness (QED) is 0.514. The second-order valence-electron chi connectivity index (χ2n) is 4.31. The summed E-state index contributed by atoms with van der Waals surface area (Å²) in [5.74, 6) is 0.197. The van der Waals surface area contributed by atoms with Crippen LogP contribution in [0.15, 0.2) is 28.7 Å². The Balaban J connectivity index is 2.37. The van der Waals surface area contributed by atoms with E-state index in [0.717, 1.165) is 42.9 Å².